The highest BCUT2D eigenvalue weighted by atomic mass is 19.1. The smallest absolute Gasteiger partial charge is 0.312 e. The Hall–Kier alpha value is -2.57. The normalized spacial score (nSPS) is 11.3. The minimum atomic E-state index is -0.763. The van der Waals surface area contributed by atoms with Crippen LogP contribution < -0.4 is 4.90 Å². The molecule has 0 aliphatic carbocycles. The van der Waals surface area contributed by atoms with Gasteiger partial charge in [0.1, 0.15) is 0 Å². The van der Waals surface area contributed by atoms with Gasteiger partial charge in [-0.1, -0.05) is 0 Å². The molecule has 3 aromatic rings. The molecule has 6 nitrogen and oxygen atoms in total. The molecule has 0 bridgehead atoms. The molecule has 0 atom stereocenters. The molecule has 0 saturated carbocycles. The summed E-state index contributed by atoms with van der Waals surface area (Å²) in [6.45, 7) is 3.99. The van der Waals surface area contributed by atoms with Crippen molar-refractivity contribution in [2.24, 2.45) is 0 Å². The Bertz CT molecular complexity index is 768. The van der Waals surface area contributed by atoms with E-state index in [9.17, 15) is 4.39 Å². The lowest BCUT2D eigenvalue weighted by Gasteiger charge is -2.18. The SMILES string of the molecule is CC(C)n1cnc2c(N(C)c3ccncc3)nc(F)nc21. The van der Waals surface area contributed by atoms with Gasteiger partial charge in [-0.15, -0.1) is 0 Å². The van der Waals surface area contributed by atoms with Gasteiger partial charge >= 0.3 is 6.08 Å². The zero-order valence-corrected chi connectivity index (χ0v) is 12.0. The molecule has 0 saturated heterocycles. The van der Waals surface area contributed by atoms with E-state index in [0.717, 1.165) is 5.69 Å². The first-order chi connectivity index (χ1) is 10.1. The number of anilines is 2. The summed E-state index contributed by atoms with van der Waals surface area (Å²) >= 11 is 0. The number of hydrogen-bond acceptors (Lipinski definition) is 5. The molecule has 3 aromatic heterocycles. The Balaban J connectivity index is 2.19. The van der Waals surface area contributed by atoms with Crippen molar-refractivity contribution in [2.45, 2.75) is 19.9 Å². The number of halogens is 1. The number of hydrogen-bond donors (Lipinski definition) is 0. The van der Waals surface area contributed by atoms with E-state index < -0.39 is 6.08 Å². The van der Waals surface area contributed by atoms with Crippen molar-refractivity contribution in [3.8, 4) is 0 Å². The summed E-state index contributed by atoms with van der Waals surface area (Å²) in [5.74, 6) is 0.433. The monoisotopic (exact) mass is 286 g/mol. The molecular weight excluding hydrogens is 271 g/mol. The maximum Gasteiger partial charge on any atom is 0.312 e. The third kappa shape index (κ3) is 2.31. The second-order valence-electron chi connectivity index (χ2n) is 5.00. The van der Waals surface area contributed by atoms with Crippen LogP contribution in [-0.2, 0) is 0 Å². The number of aromatic nitrogens is 5. The van der Waals surface area contributed by atoms with Crippen LogP contribution in [0.5, 0.6) is 0 Å². The first kappa shape index (κ1) is 13.4. The second-order valence-corrected chi connectivity index (χ2v) is 5.00. The first-order valence-corrected chi connectivity index (χ1v) is 6.61. The standard InChI is InChI=1S/C14H15FN6/c1-9(2)21-8-17-11-12(18-14(15)19-13(11)21)20(3)10-4-6-16-7-5-10/h4-9H,1-3H3. The minimum Gasteiger partial charge on any atom is -0.327 e. The fraction of sp³-hybridized carbons (Fsp3) is 0.286. The highest BCUT2D eigenvalue weighted by Gasteiger charge is 2.18. The van der Waals surface area contributed by atoms with Crippen molar-refractivity contribution in [2.75, 3.05) is 11.9 Å². The van der Waals surface area contributed by atoms with Crippen molar-refractivity contribution in [1.82, 2.24) is 24.5 Å². The number of imidazole rings is 1. The molecule has 0 unspecified atom stereocenters. The van der Waals surface area contributed by atoms with Gasteiger partial charge in [-0.05, 0) is 26.0 Å². The van der Waals surface area contributed by atoms with Crippen LogP contribution in [0.1, 0.15) is 19.9 Å². The summed E-state index contributed by atoms with van der Waals surface area (Å²) < 4.78 is 15.6. The van der Waals surface area contributed by atoms with Crippen LogP contribution in [-0.4, -0.2) is 31.6 Å². The maximum absolute atomic E-state index is 13.8. The topological polar surface area (TPSA) is 59.7 Å². The lowest BCUT2D eigenvalue weighted by Crippen LogP contribution is -2.13. The summed E-state index contributed by atoms with van der Waals surface area (Å²) in [7, 11) is 1.81. The molecule has 3 heterocycles. The van der Waals surface area contributed by atoms with Crippen molar-refractivity contribution in [3.05, 3.63) is 36.9 Å². The molecule has 0 aliphatic heterocycles. The number of fused-ring (bicyclic) bond motifs is 1. The minimum absolute atomic E-state index is 0.142. The van der Waals surface area contributed by atoms with Gasteiger partial charge in [0.2, 0.25) is 0 Å². The Kier molecular flexibility index (Phi) is 3.25. The van der Waals surface area contributed by atoms with Crippen LogP contribution in [0.2, 0.25) is 0 Å². The Labute approximate surface area is 121 Å². The highest BCUT2D eigenvalue weighted by molar-refractivity contribution is 5.86. The summed E-state index contributed by atoms with van der Waals surface area (Å²) in [6.07, 6.45) is 4.24. The highest BCUT2D eigenvalue weighted by Crippen LogP contribution is 2.28. The third-order valence-electron chi connectivity index (χ3n) is 3.30. The molecule has 0 spiro atoms. The van der Waals surface area contributed by atoms with E-state index in [0.29, 0.717) is 17.0 Å². The van der Waals surface area contributed by atoms with Crippen molar-refractivity contribution in [3.63, 3.8) is 0 Å². The van der Waals surface area contributed by atoms with E-state index in [1.54, 1.807) is 23.6 Å². The lowest BCUT2D eigenvalue weighted by molar-refractivity contribution is 0.537. The van der Waals surface area contributed by atoms with Crippen LogP contribution in [0.15, 0.2) is 30.9 Å². The Morgan fingerprint density at radius 1 is 1.19 bits per heavy atom. The molecule has 0 fully saturated rings. The van der Waals surface area contributed by atoms with Crippen LogP contribution in [0.4, 0.5) is 15.9 Å². The quantitative estimate of drug-likeness (QED) is 0.693. The van der Waals surface area contributed by atoms with Gasteiger partial charge in [0.25, 0.3) is 0 Å². The van der Waals surface area contributed by atoms with Crippen LogP contribution in [0.25, 0.3) is 11.2 Å². The van der Waals surface area contributed by atoms with E-state index in [4.69, 9.17) is 0 Å². The summed E-state index contributed by atoms with van der Waals surface area (Å²) in [5, 5.41) is 0. The zero-order chi connectivity index (χ0) is 15.0. The number of rotatable bonds is 3. The van der Waals surface area contributed by atoms with E-state index in [-0.39, 0.29) is 6.04 Å². The average Bonchev–Trinajstić information content (AvgIpc) is 2.90. The molecule has 7 heteroatoms. The van der Waals surface area contributed by atoms with E-state index in [1.165, 1.54) is 0 Å². The molecule has 108 valence electrons. The molecule has 0 radical (unpaired) electrons. The molecule has 0 aliphatic rings. The molecule has 21 heavy (non-hydrogen) atoms. The van der Waals surface area contributed by atoms with E-state index in [1.807, 2.05) is 37.6 Å². The van der Waals surface area contributed by atoms with Crippen molar-refractivity contribution >= 4 is 22.7 Å². The first-order valence-electron chi connectivity index (χ1n) is 6.61. The molecule has 0 amide bonds. The molecule has 3 rings (SSSR count). The molecule has 0 N–H and O–H groups in total. The van der Waals surface area contributed by atoms with Crippen LogP contribution >= 0.6 is 0 Å². The van der Waals surface area contributed by atoms with Gasteiger partial charge in [0, 0.05) is 31.2 Å². The van der Waals surface area contributed by atoms with Crippen LogP contribution in [0.3, 0.4) is 0 Å². The van der Waals surface area contributed by atoms with Gasteiger partial charge in [-0.2, -0.15) is 14.4 Å². The Morgan fingerprint density at radius 3 is 2.57 bits per heavy atom. The third-order valence-corrected chi connectivity index (χ3v) is 3.30. The summed E-state index contributed by atoms with van der Waals surface area (Å²) in [4.78, 5) is 17.9. The van der Waals surface area contributed by atoms with Crippen molar-refractivity contribution < 1.29 is 4.39 Å². The predicted molar refractivity (Wildman–Crippen MR) is 78.0 cm³/mol. The fourth-order valence-corrected chi connectivity index (χ4v) is 2.18. The molecule has 0 aromatic carbocycles. The van der Waals surface area contributed by atoms with Gasteiger partial charge < -0.3 is 9.47 Å². The van der Waals surface area contributed by atoms with Crippen LogP contribution in [0, 0.1) is 6.08 Å². The maximum atomic E-state index is 13.8. The number of pyridine rings is 1. The van der Waals surface area contributed by atoms with Crippen molar-refractivity contribution in [1.29, 1.82) is 0 Å². The van der Waals surface area contributed by atoms with E-state index >= 15 is 0 Å². The largest absolute Gasteiger partial charge is 0.327 e. The van der Waals surface area contributed by atoms with Gasteiger partial charge in [-0.3, -0.25) is 4.98 Å². The van der Waals surface area contributed by atoms with Gasteiger partial charge in [-0.25, -0.2) is 4.98 Å². The average molecular weight is 286 g/mol. The number of nitrogens with zero attached hydrogens (tertiary/aromatic N) is 6. The molecular formula is C14H15FN6. The Morgan fingerprint density at radius 2 is 1.90 bits per heavy atom. The zero-order valence-electron chi connectivity index (χ0n) is 12.0. The lowest BCUT2D eigenvalue weighted by atomic mass is 10.3. The van der Waals surface area contributed by atoms with Gasteiger partial charge in [0.15, 0.2) is 17.0 Å². The summed E-state index contributed by atoms with van der Waals surface area (Å²) in [5.41, 5.74) is 1.92. The second kappa shape index (κ2) is 5.08. The van der Waals surface area contributed by atoms with Gasteiger partial charge in [0.05, 0.1) is 6.33 Å². The predicted octanol–water partition coefficient (Wildman–Crippen LogP) is 2.71. The fourth-order valence-electron chi connectivity index (χ4n) is 2.18. The van der Waals surface area contributed by atoms with E-state index in [2.05, 4.69) is 19.9 Å². The summed E-state index contributed by atoms with van der Waals surface area (Å²) in [6, 6.07) is 3.79.